The number of hydrogen-bond donors (Lipinski definition) is 2. The van der Waals surface area contributed by atoms with Crippen LogP contribution in [0.1, 0.15) is 11.3 Å². The molecular weight excluding hydrogens is 294 g/mol. The number of nitrogens with zero attached hydrogens (tertiary/aromatic N) is 3. The minimum absolute atomic E-state index is 0.343. The van der Waals surface area contributed by atoms with Crippen molar-refractivity contribution in [1.29, 1.82) is 0 Å². The van der Waals surface area contributed by atoms with Gasteiger partial charge in [-0.2, -0.15) is 10.2 Å². The van der Waals surface area contributed by atoms with Crippen molar-refractivity contribution >= 4 is 29.6 Å². The molecule has 1 aromatic carbocycles. The Labute approximate surface area is 125 Å². The summed E-state index contributed by atoms with van der Waals surface area (Å²) in [6.07, 6.45) is 1.31. The fourth-order valence-electron chi connectivity index (χ4n) is 1.61. The predicted molar refractivity (Wildman–Crippen MR) is 78.2 cm³/mol. The molecular formula is C13H12ClN5O2. The van der Waals surface area contributed by atoms with Gasteiger partial charge in [0.1, 0.15) is 5.15 Å². The molecule has 1 aromatic heterocycles. The van der Waals surface area contributed by atoms with Crippen molar-refractivity contribution in [2.24, 2.45) is 10.8 Å². The lowest BCUT2D eigenvalue weighted by Gasteiger charge is -2.01. The predicted octanol–water partition coefficient (Wildman–Crippen LogP) is 0.770. The van der Waals surface area contributed by atoms with Gasteiger partial charge in [0.2, 0.25) is 0 Å². The molecule has 2 amide bonds. The lowest BCUT2D eigenvalue weighted by atomic mass is 10.3. The number of nitrogens with two attached hydrogens (primary N) is 1. The van der Waals surface area contributed by atoms with Gasteiger partial charge in [-0.1, -0.05) is 29.8 Å². The van der Waals surface area contributed by atoms with Crippen LogP contribution in [0.15, 0.2) is 35.4 Å². The van der Waals surface area contributed by atoms with E-state index in [1.165, 1.54) is 6.21 Å². The first-order valence-electron chi connectivity index (χ1n) is 5.94. The highest BCUT2D eigenvalue weighted by Crippen LogP contribution is 2.21. The molecule has 0 unspecified atom stereocenters. The number of para-hydroxylation sites is 1. The van der Waals surface area contributed by atoms with E-state index in [1.54, 1.807) is 11.6 Å². The van der Waals surface area contributed by atoms with Gasteiger partial charge in [0.25, 0.3) is 0 Å². The molecule has 0 atom stereocenters. The topological polar surface area (TPSA) is 102 Å². The van der Waals surface area contributed by atoms with Gasteiger partial charge in [-0.05, 0) is 19.1 Å². The van der Waals surface area contributed by atoms with E-state index in [2.05, 4.69) is 10.2 Å². The van der Waals surface area contributed by atoms with Crippen molar-refractivity contribution in [3.8, 4) is 5.69 Å². The number of nitrogens with one attached hydrogen (secondary N) is 1. The lowest BCUT2D eigenvalue weighted by molar-refractivity contribution is -0.137. The number of carbonyl (C=O) groups excluding carboxylic acids is 2. The molecule has 0 spiro atoms. The number of benzene rings is 1. The fourth-order valence-corrected chi connectivity index (χ4v) is 1.93. The van der Waals surface area contributed by atoms with Crippen molar-refractivity contribution in [2.45, 2.75) is 6.92 Å². The molecule has 8 heteroatoms. The average Bonchev–Trinajstić information content (AvgIpc) is 2.75. The zero-order valence-corrected chi connectivity index (χ0v) is 11.8. The molecule has 0 aliphatic carbocycles. The van der Waals surface area contributed by atoms with E-state index in [1.807, 2.05) is 35.8 Å². The number of aromatic nitrogens is 2. The number of rotatable bonds is 3. The van der Waals surface area contributed by atoms with Crippen LogP contribution in [0, 0.1) is 6.92 Å². The van der Waals surface area contributed by atoms with E-state index in [-0.39, 0.29) is 0 Å². The van der Waals surface area contributed by atoms with Crippen LogP contribution in [0.25, 0.3) is 5.69 Å². The third kappa shape index (κ3) is 3.26. The van der Waals surface area contributed by atoms with Gasteiger partial charge >= 0.3 is 11.8 Å². The number of primary amides is 1. The Hall–Kier alpha value is -2.67. The van der Waals surface area contributed by atoms with Crippen LogP contribution in [-0.4, -0.2) is 27.8 Å². The number of carbonyl (C=O) groups is 2. The minimum atomic E-state index is -1.12. The molecule has 0 aliphatic rings. The van der Waals surface area contributed by atoms with Crippen molar-refractivity contribution < 1.29 is 9.59 Å². The fraction of sp³-hybridized carbons (Fsp3) is 0.0769. The smallest absolute Gasteiger partial charge is 0.329 e. The first kappa shape index (κ1) is 14.7. The summed E-state index contributed by atoms with van der Waals surface area (Å²) in [5.41, 5.74) is 8.74. The first-order chi connectivity index (χ1) is 10.0. The van der Waals surface area contributed by atoms with Gasteiger partial charge in [0, 0.05) is 0 Å². The second-order valence-corrected chi connectivity index (χ2v) is 4.46. The van der Waals surface area contributed by atoms with Crippen molar-refractivity contribution in [3.05, 3.63) is 46.7 Å². The second-order valence-electron chi connectivity index (χ2n) is 4.10. The third-order valence-electron chi connectivity index (χ3n) is 2.63. The summed E-state index contributed by atoms with van der Waals surface area (Å²) < 4.78 is 1.55. The summed E-state index contributed by atoms with van der Waals surface area (Å²) in [6, 6.07) is 9.32. The number of hydrazone groups is 1. The van der Waals surface area contributed by atoms with E-state index in [0.717, 1.165) is 5.69 Å². The highest BCUT2D eigenvalue weighted by Gasteiger charge is 2.13. The van der Waals surface area contributed by atoms with E-state index < -0.39 is 11.8 Å². The summed E-state index contributed by atoms with van der Waals surface area (Å²) in [5.74, 6) is -2.12. The zero-order valence-electron chi connectivity index (χ0n) is 11.1. The molecule has 0 bridgehead atoms. The molecule has 0 radical (unpaired) electrons. The first-order valence-corrected chi connectivity index (χ1v) is 6.32. The molecule has 0 saturated carbocycles. The lowest BCUT2D eigenvalue weighted by Crippen LogP contribution is -2.32. The second kappa shape index (κ2) is 6.19. The SMILES string of the molecule is Cc1nn(-c2ccccc2)c(Cl)c1/C=N/NC(=O)C(N)=O. The van der Waals surface area contributed by atoms with Crippen LogP contribution >= 0.6 is 11.6 Å². The number of halogens is 1. The summed E-state index contributed by atoms with van der Waals surface area (Å²) in [4.78, 5) is 21.5. The van der Waals surface area contributed by atoms with Crippen LogP contribution in [0.2, 0.25) is 5.15 Å². The van der Waals surface area contributed by atoms with Crippen LogP contribution in [-0.2, 0) is 9.59 Å². The van der Waals surface area contributed by atoms with Gasteiger partial charge in [-0.15, -0.1) is 0 Å². The Kier molecular flexibility index (Phi) is 4.34. The van der Waals surface area contributed by atoms with Crippen molar-refractivity contribution in [2.75, 3.05) is 0 Å². The van der Waals surface area contributed by atoms with Gasteiger partial charge in [-0.3, -0.25) is 9.59 Å². The Balaban J connectivity index is 2.26. The highest BCUT2D eigenvalue weighted by molar-refractivity contribution is 6.34. The van der Waals surface area contributed by atoms with Crippen LogP contribution in [0.5, 0.6) is 0 Å². The summed E-state index contributed by atoms with van der Waals surface area (Å²) in [6.45, 7) is 1.75. The van der Waals surface area contributed by atoms with E-state index in [4.69, 9.17) is 17.3 Å². The van der Waals surface area contributed by atoms with Crippen LogP contribution in [0.3, 0.4) is 0 Å². The maximum absolute atomic E-state index is 11.0. The molecule has 0 aliphatic heterocycles. The molecule has 3 N–H and O–H groups in total. The highest BCUT2D eigenvalue weighted by atomic mass is 35.5. The molecule has 0 fully saturated rings. The number of aryl methyl sites for hydroxylation is 1. The molecule has 7 nitrogen and oxygen atoms in total. The van der Waals surface area contributed by atoms with Gasteiger partial charge in [0.15, 0.2) is 0 Å². The quantitative estimate of drug-likeness (QED) is 0.497. The number of hydrogen-bond acceptors (Lipinski definition) is 4. The van der Waals surface area contributed by atoms with Gasteiger partial charge < -0.3 is 5.73 Å². The summed E-state index contributed by atoms with van der Waals surface area (Å²) in [7, 11) is 0. The standard InChI is InChI=1S/C13H12ClN5O2/c1-8-10(7-16-17-13(21)12(15)20)11(14)19(18-8)9-5-3-2-4-6-9/h2-7H,1H3,(H2,15,20)(H,17,21)/b16-7+. The number of amides is 2. The average molecular weight is 306 g/mol. The largest absolute Gasteiger partial charge is 0.361 e. The zero-order chi connectivity index (χ0) is 15.4. The van der Waals surface area contributed by atoms with E-state index in [0.29, 0.717) is 16.4 Å². The summed E-state index contributed by atoms with van der Waals surface area (Å²) >= 11 is 6.25. The Morgan fingerprint density at radius 3 is 2.67 bits per heavy atom. The Morgan fingerprint density at radius 1 is 1.38 bits per heavy atom. The molecule has 1 heterocycles. The van der Waals surface area contributed by atoms with Crippen molar-refractivity contribution in [3.63, 3.8) is 0 Å². The van der Waals surface area contributed by atoms with Gasteiger partial charge in [0.05, 0.1) is 23.2 Å². The Bertz CT molecular complexity index is 709. The maximum Gasteiger partial charge on any atom is 0.329 e. The maximum atomic E-state index is 11.0. The molecule has 0 saturated heterocycles. The molecule has 21 heavy (non-hydrogen) atoms. The van der Waals surface area contributed by atoms with Crippen LogP contribution in [0.4, 0.5) is 0 Å². The summed E-state index contributed by atoms with van der Waals surface area (Å²) in [5, 5.41) is 8.27. The Morgan fingerprint density at radius 2 is 2.05 bits per heavy atom. The minimum Gasteiger partial charge on any atom is -0.361 e. The van der Waals surface area contributed by atoms with Gasteiger partial charge in [-0.25, -0.2) is 10.1 Å². The molecule has 108 valence electrons. The monoisotopic (exact) mass is 305 g/mol. The van der Waals surface area contributed by atoms with E-state index in [9.17, 15) is 9.59 Å². The third-order valence-corrected chi connectivity index (χ3v) is 3.00. The van der Waals surface area contributed by atoms with Crippen LogP contribution < -0.4 is 11.2 Å². The van der Waals surface area contributed by atoms with E-state index >= 15 is 0 Å². The van der Waals surface area contributed by atoms with Crippen molar-refractivity contribution in [1.82, 2.24) is 15.2 Å². The molecule has 2 aromatic rings. The molecule has 2 rings (SSSR count). The normalized spacial score (nSPS) is 10.8.